The Morgan fingerprint density at radius 1 is 1.19 bits per heavy atom. The largest absolute Gasteiger partial charge is 0.465 e. The summed E-state index contributed by atoms with van der Waals surface area (Å²) in [7, 11) is 0. The third-order valence-corrected chi connectivity index (χ3v) is 6.64. The first kappa shape index (κ1) is 21.6. The van der Waals surface area contributed by atoms with Crippen LogP contribution in [0.25, 0.3) is 0 Å². The number of carbonyl (C=O) groups is 2. The number of amides is 1. The topological polar surface area (TPSA) is 75.6 Å². The van der Waals surface area contributed by atoms with E-state index in [0.29, 0.717) is 36.5 Å². The van der Waals surface area contributed by atoms with Crippen molar-refractivity contribution in [2.45, 2.75) is 31.7 Å². The van der Waals surface area contributed by atoms with Crippen LogP contribution in [0.2, 0.25) is 5.02 Å². The molecular formula is C25H26ClNO4. The van der Waals surface area contributed by atoms with Crippen molar-refractivity contribution in [1.29, 1.82) is 0 Å². The Morgan fingerprint density at radius 2 is 1.87 bits per heavy atom. The van der Waals surface area contributed by atoms with Crippen LogP contribution in [0, 0.1) is 11.3 Å². The normalized spacial score (nSPS) is 23.4. The minimum absolute atomic E-state index is 0.133. The minimum atomic E-state index is -0.512. The number of nitrogens with one attached hydrogen (secondary N) is 1. The number of benzene rings is 2. The number of fused-ring (bicyclic) bond motifs is 1. The molecule has 1 aliphatic carbocycles. The number of cyclic esters (lactones) is 1. The maximum Gasteiger partial charge on any atom is 0.313 e. The highest BCUT2D eigenvalue weighted by molar-refractivity contribution is 6.30. The number of allylic oxidation sites excluding steroid dienone is 1. The molecule has 6 heteroatoms. The molecule has 4 rings (SSSR count). The molecule has 3 unspecified atom stereocenters. The predicted molar refractivity (Wildman–Crippen MR) is 119 cm³/mol. The van der Waals surface area contributed by atoms with Crippen LogP contribution in [0.3, 0.4) is 0 Å². The number of halogens is 1. The summed E-state index contributed by atoms with van der Waals surface area (Å²) in [6, 6.07) is 14.2. The standard InChI is InChI=1S/C25H26ClNO4/c1-16-10-20-15-31-24(30)25(20,12-16)13-18-2-6-19(7-3-18)23(29)27-22(14-28)11-17-4-8-21(26)9-5-17/h2-9,20,22,28H,1,10-15H2,(H,27,29). The van der Waals surface area contributed by atoms with Gasteiger partial charge in [0.1, 0.15) is 0 Å². The molecule has 1 saturated carbocycles. The fourth-order valence-corrected chi connectivity index (χ4v) is 4.86. The number of carbonyl (C=O) groups excluding carboxylic acids is 2. The first-order valence-electron chi connectivity index (χ1n) is 10.5. The molecule has 0 spiro atoms. The summed E-state index contributed by atoms with van der Waals surface area (Å²) in [5.74, 6) is -0.190. The maximum absolute atomic E-state index is 12.7. The van der Waals surface area contributed by atoms with Gasteiger partial charge in [-0.15, -0.1) is 0 Å². The Labute approximate surface area is 187 Å². The lowest BCUT2D eigenvalue weighted by Gasteiger charge is -2.24. The van der Waals surface area contributed by atoms with Crippen LogP contribution in [0.1, 0.15) is 34.3 Å². The van der Waals surface area contributed by atoms with E-state index in [1.165, 1.54) is 0 Å². The average molecular weight is 440 g/mol. The van der Waals surface area contributed by atoms with Crippen LogP contribution in [0.5, 0.6) is 0 Å². The molecule has 0 radical (unpaired) electrons. The van der Waals surface area contributed by atoms with E-state index < -0.39 is 11.5 Å². The lowest BCUT2D eigenvalue weighted by atomic mass is 9.75. The van der Waals surface area contributed by atoms with E-state index in [9.17, 15) is 14.7 Å². The van der Waals surface area contributed by atoms with Crippen LogP contribution < -0.4 is 5.32 Å². The SMILES string of the molecule is C=C1CC2COC(=O)C2(Cc2ccc(C(=O)NC(CO)Cc3ccc(Cl)cc3)cc2)C1. The summed E-state index contributed by atoms with van der Waals surface area (Å²) in [6.45, 7) is 4.38. The fraction of sp³-hybridized carbons (Fsp3) is 0.360. The average Bonchev–Trinajstić information content (AvgIpc) is 3.23. The highest BCUT2D eigenvalue weighted by Crippen LogP contribution is 2.52. The minimum Gasteiger partial charge on any atom is -0.465 e. The van der Waals surface area contributed by atoms with Crippen molar-refractivity contribution in [3.63, 3.8) is 0 Å². The molecule has 1 amide bonds. The third kappa shape index (κ3) is 4.53. The number of ether oxygens (including phenoxy) is 1. The van der Waals surface area contributed by atoms with Gasteiger partial charge >= 0.3 is 5.97 Å². The van der Waals surface area contributed by atoms with Gasteiger partial charge in [0.25, 0.3) is 5.91 Å². The van der Waals surface area contributed by atoms with E-state index in [4.69, 9.17) is 16.3 Å². The fourth-order valence-electron chi connectivity index (χ4n) is 4.74. The Hall–Kier alpha value is -2.63. The molecule has 2 aliphatic rings. The number of aliphatic hydroxyl groups excluding tert-OH is 1. The first-order chi connectivity index (χ1) is 14.9. The second-order valence-electron chi connectivity index (χ2n) is 8.64. The Balaban J connectivity index is 1.40. The molecule has 2 aromatic rings. The van der Waals surface area contributed by atoms with Gasteiger partial charge in [0.2, 0.25) is 0 Å². The Kier molecular flexibility index (Phi) is 6.17. The van der Waals surface area contributed by atoms with Gasteiger partial charge in [-0.2, -0.15) is 0 Å². The number of esters is 1. The summed E-state index contributed by atoms with van der Waals surface area (Å²) in [6.07, 6.45) is 2.60. The molecule has 1 aliphatic heterocycles. The van der Waals surface area contributed by atoms with E-state index in [1.54, 1.807) is 24.3 Å². The number of aliphatic hydroxyl groups is 1. The zero-order valence-electron chi connectivity index (χ0n) is 17.3. The molecule has 2 N–H and O–H groups in total. The maximum atomic E-state index is 12.7. The molecule has 2 fully saturated rings. The van der Waals surface area contributed by atoms with E-state index in [1.807, 2.05) is 24.3 Å². The molecule has 31 heavy (non-hydrogen) atoms. The summed E-state index contributed by atoms with van der Waals surface area (Å²) >= 11 is 5.91. The smallest absolute Gasteiger partial charge is 0.313 e. The molecule has 0 bridgehead atoms. The summed E-state index contributed by atoms with van der Waals surface area (Å²) < 4.78 is 5.34. The lowest BCUT2D eigenvalue weighted by molar-refractivity contribution is -0.146. The van der Waals surface area contributed by atoms with Crippen molar-refractivity contribution >= 4 is 23.5 Å². The predicted octanol–water partition coefficient (Wildman–Crippen LogP) is 3.73. The Bertz CT molecular complexity index is 986. The molecule has 2 aromatic carbocycles. The van der Waals surface area contributed by atoms with Gasteiger partial charge in [-0.25, -0.2) is 0 Å². The van der Waals surface area contributed by atoms with Crippen molar-refractivity contribution in [3.05, 3.63) is 82.4 Å². The van der Waals surface area contributed by atoms with Gasteiger partial charge in [0, 0.05) is 16.5 Å². The van der Waals surface area contributed by atoms with Gasteiger partial charge in [-0.1, -0.05) is 48.0 Å². The van der Waals surface area contributed by atoms with Crippen molar-refractivity contribution in [1.82, 2.24) is 5.32 Å². The molecular weight excluding hydrogens is 414 g/mol. The van der Waals surface area contributed by atoms with Gasteiger partial charge in [0.05, 0.1) is 24.7 Å². The van der Waals surface area contributed by atoms with Crippen LogP contribution in [0.4, 0.5) is 0 Å². The molecule has 1 heterocycles. The first-order valence-corrected chi connectivity index (χ1v) is 10.9. The summed E-state index contributed by atoms with van der Waals surface area (Å²) in [5.41, 5.74) is 3.08. The molecule has 0 aromatic heterocycles. The van der Waals surface area contributed by atoms with E-state index in [0.717, 1.165) is 23.1 Å². The van der Waals surface area contributed by atoms with E-state index >= 15 is 0 Å². The van der Waals surface area contributed by atoms with Crippen LogP contribution in [-0.4, -0.2) is 36.2 Å². The second kappa shape index (κ2) is 8.85. The van der Waals surface area contributed by atoms with Crippen molar-refractivity contribution in [2.24, 2.45) is 11.3 Å². The van der Waals surface area contributed by atoms with Crippen LogP contribution in [-0.2, 0) is 22.4 Å². The van der Waals surface area contributed by atoms with Gasteiger partial charge in [-0.05, 0) is 61.1 Å². The third-order valence-electron chi connectivity index (χ3n) is 6.39. The number of rotatable bonds is 7. The van der Waals surface area contributed by atoms with E-state index in [-0.39, 0.29) is 24.4 Å². The van der Waals surface area contributed by atoms with Crippen molar-refractivity contribution in [3.8, 4) is 0 Å². The zero-order valence-corrected chi connectivity index (χ0v) is 18.0. The highest BCUT2D eigenvalue weighted by Gasteiger charge is 2.55. The number of hydrogen-bond acceptors (Lipinski definition) is 4. The van der Waals surface area contributed by atoms with E-state index in [2.05, 4.69) is 11.9 Å². The number of hydrogen-bond donors (Lipinski definition) is 2. The quantitative estimate of drug-likeness (QED) is 0.509. The van der Waals surface area contributed by atoms with Gasteiger partial charge in [0.15, 0.2) is 0 Å². The zero-order chi connectivity index (χ0) is 22.0. The van der Waals surface area contributed by atoms with Gasteiger partial charge < -0.3 is 15.2 Å². The van der Waals surface area contributed by atoms with Crippen molar-refractivity contribution in [2.75, 3.05) is 13.2 Å². The summed E-state index contributed by atoms with van der Waals surface area (Å²) in [4.78, 5) is 25.1. The van der Waals surface area contributed by atoms with Crippen LogP contribution >= 0.6 is 11.6 Å². The Morgan fingerprint density at radius 3 is 2.55 bits per heavy atom. The summed E-state index contributed by atoms with van der Waals surface area (Å²) in [5, 5.41) is 13.2. The van der Waals surface area contributed by atoms with Crippen molar-refractivity contribution < 1.29 is 19.4 Å². The molecule has 3 atom stereocenters. The molecule has 1 saturated heterocycles. The second-order valence-corrected chi connectivity index (χ2v) is 9.08. The van der Waals surface area contributed by atoms with Crippen LogP contribution in [0.15, 0.2) is 60.7 Å². The van der Waals surface area contributed by atoms with Gasteiger partial charge in [-0.3, -0.25) is 9.59 Å². The monoisotopic (exact) mass is 439 g/mol. The molecule has 5 nitrogen and oxygen atoms in total. The molecule has 162 valence electrons. The lowest BCUT2D eigenvalue weighted by Crippen LogP contribution is -2.39. The highest BCUT2D eigenvalue weighted by atomic mass is 35.5.